The summed E-state index contributed by atoms with van der Waals surface area (Å²) in [6, 6.07) is 6.29. The van der Waals surface area contributed by atoms with E-state index in [0.29, 0.717) is 19.0 Å². The lowest BCUT2D eigenvalue weighted by Gasteiger charge is -2.22. The fourth-order valence-corrected chi connectivity index (χ4v) is 1.94. The van der Waals surface area contributed by atoms with Crippen molar-refractivity contribution in [3.63, 3.8) is 0 Å². The van der Waals surface area contributed by atoms with Gasteiger partial charge in [0.15, 0.2) is 0 Å². The summed E-state index contributed by atoms with van der Waals surface area (Å²) in [6.07, 6.45) is 4.32. The van der Waals surface area contributed by atoms with E-state index in [4.69, 9.17) is 5.73 Å². The molecule has 0 fully saturated rings. The second-order valence-electron chi connectivity index (χ2n) is 3.97. The third-order valence-electron chi connectivity index (χ3n) is 2.57. The molecule has 1 heterocycles. The fraction of sp³-hybridized carbons (Fsp3) is 0.231. The molecule has 0 aliphatic heterocycles. The average molecular weight is 372 g/mol. The highest BCUT2D eigenvalue weighted by molar-refractivity contribution is 14.1. The van der Waals surface area contributed by atoms with E-state index >= 15 is 0 Å². The lowest BCUT2D eigenvalue weighted by atomic mass is 10.2. The topological polar surface area (TPSA) is 55.0 Å². The van der Waals surface area contributed by atoms with Crippen molar-refractivity contribution in [2.45, 2.75) is 6.42 Å². The zero-order valence-corrected chi connectivity index (χ0v) is 12.4. The van der Waals surface area contributed by atoms with Crippen LogP contribution >= 0.6 is 22.6 Å². The van der Waals surface area contributed by atoms with E-state index in [1.54, 1.807) is 24.5 Å². The van der Waals surface area contributed by atoms with Crippen LogP contribution in [0.3, 0.4) is 0 Å². The van der Waals surface area contributed by atoms with Gasteiger partial charge in [0, 0.05) is 28.2 Å². The van der Waals surface area contributed by atoms with E-state index in [1.807, 2.05) is 4.90 Å². The Hall–Kier alpha value is -1.28. The van der Waals surface area contributed by atoms with Crippen molar-refractivity contribution in [2.24, 2.45) is 5.73 Å². The van der Waals surface area contributed by atoms with Crippen molar-refractivity contribution in [1.82, 2.24) is 9.97 Å². The van der Waals surface area contributed by atoms with E-state index < -0.39 is 0 Å². The van der Waals surface area contributed by atoms with Gasteiger partial charge in [0.2, 0.25) is 5.95 Å². The predicted molar refractivity (Wildman–Crippen MR) is 81.8 cm³/mol. The molecule has 0 atom stereocenters. The minimum absolute atomic E-state index is 0.258. The molecule has 0 saturated carbocycles. The Morgan fingerprint density at radius 1 is 1.16 bits per heavy atom. The number of hydrogen-bond donors (Lipinski definition) is 1. The van der Waals surface area contributed by atoms with Gasteiger partial charge in [-0.25, -0.2) is 14.4 Å². The van der Waals surface area contributed by atoms with Crippen molar-refractivity contribution in [3.05, 3.63) is 46.0 Å². The standard InChI is InChI=1S/C13H14FIN4/c14-10-2-4-12(5-3-10)19(7-1-6-16)13-17-8-11(15)9-18-13/h2-5,8-9H,1,6-7,16H2. The monoisotopic (exact) mass is 372 g/mol. The third-order valence-corrected chi connectivity index (χ3v) is 3.13. The first kappa shape index (κ1) is 14.1. The first-order valence-electron chi connectivity index (χ1n) is 5.91. The molecule has 2 N–H and O–H groups in total. The van der Waals surface area contributed by atoms with Crippen LogP contribution in [0.2, 0.25) is 0 Å². The van der Waals surface area contributed by atoms with Crippen molar-refractivity contribution in [1.29, 1.82) is 0 Å². The van der Waals surface area contributed by atoms with Crippen molar-refractivity contribution >= 4 is 34.2 Å². The molecule has 0 aliphatic carbocycles. The van der Waals surface area contributed by atoms with Crippen LogP contribution in [0.15, 0.2) is 36.7 Å². The van der Waals surface area contributed by atoms with Gasteiger partial charge in [0.1, 0.15) is 5.82 Å². The second kappa shape index (κ2) is 6.76. The number of nitrogens with zero attached hydrogens (tertiary/aromatic N) is 3. The van der Waals surface area contributed by atoms with E-state index in [2.05, 4.69) is 32.6 Å². The summed E-state index contributed by atoms with van der Waals surface area (Å²) in [7, 11) is 0. The quantitative estimate of drug-likeness (QED) is 0.821. The number of aromatic nitrogens is 2. The van der Waals surface area contributed by atoms with Crippen LogP contribution in [0.5, 0.6) is 0 Å². The minimum Gasteiger partial charge on any atom is -0.330 e. The lowest BCUT2D eigenvalue weighted by molar-refractivity contribution is 0.627. The summed E-state index contributed by atoms with van der Waals surface area (Å²) >= 11 is 2.15. The molecule has 19 heavy (non-hydrogen) atoms. The highest BCUT2D eigenvalue weighted by Crippen LogP contribution is 2.22. The van der Waals surface area contributed by atoms with Crippen LogP contribution in [-0.4, -0.2) is 23.1 Å². The number of rotatable bonds is 5. The smallest absolute Gasteiger partial charge is 0.229 e. The normalized spacial score (nSPS) is 10.5. The van der Waals surface area contributed by atoms with Gasteiger partial charge < -0.3 is 10.6 Å². The zero-order chi connectivity index (χ0) is 13.7. The predicted octanol–water partition coefficient (Wildman–Crippen LogP) is 2.71. The lowest BCUT2D eigenvalue weighted by Crippen LogP contribution is -2.23. The Bertz CT molecular complexity index is 470. The van der Waals surface area contributed by atoms with E-state index in [1.165, 1.54) is 12.1 Å². The fourth-order valence-electron chi connectivity index (χ4n) is 1.66. The van der Waals surface area contributed by atoms with Gasteiger partial charge in [-0.2, -0.15) is 0 Å². The first-order chi connectivity index (χ1) is 9.20. The average Bonchev–Trinajstić information content (AvgIpc) is 2.43. The van der Waals surface area contributed by atoms with E-state index in [9.17, 15) is 4.39 Å². The largest absolute Gasteiger partial charge is 0.330 e. The molecule has 0 radical (unpaired) electrons. The molecular weight excluding hydrogens is 358 g/mol. The molecule has 2 rings (SSSR count). The number of halogens is 2. The number of nitrogens with two attached hydrogens (primary N) is 1. The Labute approximate surface area is 125 Å². The van der Waals surface area contributed by atoms with Crippen molar-refractivity contribution in [2.75, 3.05) is 18.0 Å². The number of benzene rings is 1. The first-order valence-corrected chi connectivity index (χ1v) is 6.99. The van der Waals surface area contributed by atoms with Crippen LogP contribution in [0.4, 0.5) is 16.0 Å². The molecule has 0 aliphatic rings. The second-order valence-corrected chi connectivity index (χ2v) is 5.22. The molecule has 0 saturated heterocycles. The van der Waals surface area contributed by atoms with Crippen LogP contribution in [0, 0.1) is 9.39 Å². The van der Waals surface area contributed by atoms with Gasteiger partial charge in [0.25, 0.3) is 0 Å². The molecule has 0 amide bonds. The molecule has 6 heteroatoms. The number of hydrogen-bond acceptors (Lipinski definition) is 4. The minimum atomic E-state index is -0.258. The van der Waals surface area contributed by atoms with Gasteiger partial charge in [0.05, 0.1) is 0 Å². The Balaban J connectivity index is 2.29. The van der Waals surface area contributed by atoms with E-state index in [-0.39, 0.29) is 5.82 Å². The zero-order valence-electron chi connectivity index (χ0n) is 10.3. The summed E-state index contributed by atoms with van der Waals surface area (Å²) in [5, 5.41) is 0. The van der Waals surface area contributed by atoms with Gasteiger partial charge in [-0.15, -0.1) is 0 Å². The molecular formula is C13H14FIN4. The SMILES string of the molecule is NCCCN(c1ccc(F)cc1)c1ncc(I)cn1. The van der Waals surface area contributed by atoms with Crippen LogP contribution in [0.1, 0.15) is 6.42 Å². The maximum absolute atomic E-state index is 13.0. The van der Waals surface area contributed by atoms with Gasteiger partial charge in [-0.1, -0.05) is 0 Å². The summed E-state index contributed by atoms with van der Waals surface area (Å²) in [4.78, 5) is 10.5. The van der Waals surface area contributed by atoms with Crippen molar-refractivity contribution < 1.29 is 4.39 Å². The molecule has 0 unspecified atom stereocenters. The molecule has 0 bridgehead atoms. The molecule has 2 aromatic rings. The summed E-state index contributed by atoms with van der Waals surface area (Å²) in [5.74, 6) is 0.339. The van der Waals surface area contributed by atoms with Crippen LogP contribution < -0.4 is 10.6 Å². The van der Waals surface area contributed by atoms with Crippen LogP contribution in [0.25, 0.3) is 0 Å². The molecule has 0 spiro atoms. The summed E-state index contributed by atoms with van der Waals surface area (Å²) < 4.78 is 14.0. The highest BCUT2D eigenvalue weighted by atomic mass is 127. The summed E-state index contributed by atoms with van der Waals surface area (Å²) in [6.45, 7) is 1.28. The molecule has 1 aromatic carbocycles. The third kappa shape index (κ3) is 3.84. The summed E-state index contributed by atoms with van der Waals surface area (Å²) in [5.41, 5.74) is 6.41. The highest BCUT2D eigenvalue weighted by Gasteiger charge is 2.11. The van der Waals surface area contributed by atoms with Gasteiger partial charge >= 0.3 is 0 Å². The maximum Gasteiger partial charge on any atom is 0.229 e. The Morgan fingerprint density at radius 3 is 2.37 bits per heavy atom. The maximum atomic E-state index is 13.0. The number of anilines is 2. The van der Waals surface area contributed by atoms with E-state index in [0.717, 1.165) is 15.7 Å². The molecule has 1 aromatic heterocycles. The van der Waals surface area contributed by atoms with Crippen molar-refractivity contribution in [3.8, 4) is 0 Å². The van der Waals surface area contributed by atoms with Gasteiger partial charge in [-0.05, 0) is 59.8 Å². The Morgan fingerprint density at radius 2 is 1.79 bits per heavy atom. The molecule has 100 valence electrons. The molecule has 4 nitrogen and oxygen atoms in total. The van der Waals surface area contributed by atoms with Crippen LogP contribution in [-0.2, 0) is 0 Å². The van der Waals surface area contributed by atoms with Gasteiger partial charge in [-0.3, -0.25) is 0 Å². The Kier molecular flexibility index (Phi) is 5.03.